The minimum Gasteiger partial charge on any atom is -0.397 e. The number of hydrogen-bond acceptors (Lipinski definition) is 17. The smallest absolute Gasteiger partial charge is 0.397 e. The minimum atomic E-state index is -3.00. The van der Waals surface area contributed by atoms with Gasteiger partial charge in [-0.05, 0) is 105 Å². The number of carbonyl (C=O) groups excluding carboxylic acids is 1. The van der Waals surface area contributed by atoms with E-state index in [1.807, 2.05) is 0 Å². The number of aliphatic hydroxyl groups excluding tert-OH is 1. The zero-order valence-corrected chi connectivity index (χ0v) is 53.5. The zero-order chi connectivity index (χ0) is 69.4. The average molecular weight is 1210 g/mol. The first-order valence-electron chi connectivity index (χ1n) is 31.0. The van der Waals surface area contributed by atoms with Crippen LogP contribution in [0, 0.1) is 0 Å². The van der Waals surface area contributed by atoms with E-state index in [1.54, 1.807) is 81.6 Å². The molecule has 0 saturated heterocycles. The van der Waals surface area contributed by atoms with Gasteiger partial charge in [-0.15, -0.1) is 0 Å². The average Bonchev–Trinajstić information content (AvgIpc) is 1.54. The fourth-order valence-electron chi connectivity index (χ4n) is 8.97. The summed E-state index contributed by atoms with van der Waals surface area (Å²) in [6, 6.07) is 0. The number of aryl methyl sites for hydroxylation is 8. The van der Waals surface area contributed by atoms with Gasteiger partial charge in [-0.2, -0.15) is 0 Å². The van der Waals surface area contributed by atoms with Crippen LogP contribution in [-0.4, -0.2) is 139 Å². The van der Waals surface area contributed by atoms with E-state index in [2.05, 4.69) is 19.9 Å². The van der Waals surface area contributed by atoms with E-state index in [0.717, 1.165) is 0 Å². The number of fused-ring (bicyclic) bond motifs is 4. The maximum atomic E-state index is 12.4. The predicted molar refractivity (Wildman–Crippen MR) is 326 cm³/mol. The third-order valence-electron chi connectivity index (χ3n) is 13.5. The Labute approximate surface area is 523 Å². The number of unbranched alkanes of at least 4 members (excludes halogenated alkanes) is 4. The number of aliphatic hydroxyl groups is 4. The topological polar surface area (TPSA) is 345 Å². The van der Waals surface area contributed by atoms with Crippen molar-refractivity contribution in [2.45, 2.75) is 156 Å². The molecule has 4 N–H and O–H groups in total. The second-order valence-corrected chi connectivity index (χ2v) is 20.4. The van der Waals surface area contributed by atoms with Gasteiger partial charge in [0.05, 0.1) is 47.7 Å². The second kappa shape index (κ2) is 34.4. The standard InChI is InChI=1S/3C13H20N4O3.C13H18N4O3.C2H6O.BH4.Na/c4*1-9(18)6-4-5-7-17-12(19)10-11(14-8-15(10)2)16(3)13(17)20;1-2-3;;/h3*8-9,18H,4-7H2,1-3H3;8H,4-7H2,1-3H3;3H,2H2,1H3;1H4;/q;;;;;-1;+1/t2*9-;;;;;/m10...../s1/i3*9D;;;1D4;. The van der Waals surface area contributed by atoms with Crippen LogP contribution in [0.4, 0.5) is 0 Å². The largest absolute Gasteiger partial charge is 1.00 e. The molecule has 85 heavy (non-hydrogen) atoms. The summed E-state index contributed by atoms with van der Waals surface area (Å²) in [5.41, 5.74) is 0.141. The Morgan fingerprint density at radius 3 is 0.859 bits per heavy atom. The Bertz CT molecular complexity index is 3960. The van der Waals surface area contributed by atoms with Gasteiger partial charge >= 0.3 is 52.3 Å². The third-order valence-corrected chi connectivity index (χ3v) is 13.5. The quantitative estimate of drug-likeness (QED) is 0.0414. The molecule has 8 aromatic heterocycles. The van der Waals surface area contributed by atoms with Crippen molar-refractivity contribution in [1.29, 1.82) is 5.34 Å². The number of aromatic nitrogens is 16. The van der Waals surface area contributed by atoms with Crippen molar-refractivity contribution in [2.24, 2.45) is 56.4 Å². The van der Waals surface area contributed by atoms with Gasteiger partial charge in [-0.1, -0.05) is 8.27 Å². The molecule has 0 fully saturated rings. The molecular weight excluding hydrogens is 1110 g/mol. The summed E-state index contributed by atoms with van der Waals surface area (Å²) in [5, 5.41) is 35.6. The SMILES string of the molecule is CC(=O)CCCCn1c(=O)c2c(ncn2C)n(C)c1=O.CCO.[2H]C(C)(O)CCCCn1c(=O)c2c(ncn2C)n(C)c1=O.[2H][B-]([2H])([2H])[2H].[2H][C@@](C)(O)CCCCn1c(=O)c2c(ncn2C)n(C)c1=O.[2H][C@](C)(O)CCCCn1c(=O)c2c(ncn2C)n(C)c1=O.[Na+]. The zero-order valence-electron chi connectivity index (χ0n) is 58.5. The fraction of sp³-hybridized carbons (Fsp3) is 0.611. The Morgan fingerprint density at radius 1 is 0.471 bits per heavy atom. The van der Waals surface area contributed by atoms with Gasteiger partial charge in [0.15, 0.2) is 44.7 Å². The summed E-state index contributed by atoms with van der Waals surface area (Å²) in [6.45, 7) is 8.83. The normalized spacial score (nSPS) is 14.4. The van der Waals surface area contributed by atoms with E-state index in [1.165, 1.54) is 89.5 Å². The van der Waals surface area contributed by atoms with Crippen LogP contribution in [-0.2, 0) is 87.4 Å². The van der Waals surface area contributed by atoms with Crippen molar-refractivity contribution in [2.75, 3.05) is 6.61 Å². The molecule has 31 heteroatoms. The summed E-state index contributed by atoms with van der Waals surface area (Å²) in [4.78, 5) is 125. The van der Waals surface area contributed by atoms with Crippen LogP contribution < -0.4 is 74.6 Å². The molecule has 8 rings (SSSR count). The van der Waals surface area contributed by atoms with Crippen LogP contribution in [0.3, 0.4) is 0 Å². The fourth-order valence-corrected chi connectivity index (χ4v) is 8.97. The summed E-state index contributed by atoms with van der Waals surface area (Å²) >= 11 is 0. The van der Waals surface area contributed by atoms with Crippen LogP contribution in [0.5, 0.6) is 0 Å². The number of carbonyl (C=O) groups is 1. The van der Waals surface area contributed by atoms with Crippen LogP contribution in [0.25, 0.3) is 44.7 Å². The summed E-state index contributed by atoms with van der Waals surface area (Å²) < 4.78 is 62.7. The molecule has 0 aliphatic carbocycles. The van der Waals surface area contributed by atoms with E-state index in [0.29, 0.717) is 128 Å². The van der Waals surface area contributed by atoms with E-state index < -0.39 is 43.6 Å². The Balaban J connectivity index is 0.000000400. The number of ketones is 1. The molecule has 0 saturated carbocycles. The van der Waals surface area contributed by atoms with Gasteiger partial charge < -0.3 is 43.5 Å². The Kier molecular flexibility index (Phi) is 25.3. The van der Waals surface area contributed by atoms with Gasteiger partial charge in [0.25, 0.3) is 22.2 Å². The van der Waals surface area contributed by atoms with Crippen molar-refractivity contribution in [1.82, 2.24) is 74.7 Å². The van der Waals surface area contributed by atoms with Gasteiger partial charge in [-0.25, -0.2) is 44.5 Å². The van der Waals surface area contributed by atoms with E-state index >= 15 is 0 Å². The molecule has 0 spiro atoms. The molecule has 8 aromatic rings. The molecule has 0 aliphatic heterocycles. The van der Waals surface area contributed by atoms with Crippen molar-refractivity contribution < 1.29 is 58.9 Å². The molecule has 3 atom stereocenters. The predicted octanol–water partition coefficient (Wildman–Crippen LogP) is -4.30. The number of rotatable bonds is 20. The van der Waals surface area contributed by atoms with E-state index in [4.69, 9.17) is 14.6 Å². The van der Waals surface area contributed by atoms with Crippen LogP contribution >= 0.6 is 0 Å². The molecule has 0 amide bonds. The molecule has 466 valence electrons. The number of imidazole rings is 4. The van der Waals surface area contributed by atoms with E-state index in [-0.39, 0.29) is 89.5 Å². The van der Waals surface area contributed by atoms with Gasteiger partial charge in [0, 0.05) is 95.6 Å². The summed E-state index contributed by atoms with van der Waals surface area (Å²) in [7, 11) is 10.2. The van der Waals surface area contributed by atoms with Crippen molar-refractivity contribution in [3.05, 3.63) is 109 Å². The molecule has 0 bridgehead atoms. The first kappa shape index (κ1) is 62.7. The first-order chi connectivity index (χ1) is 42.0. The molecule has 8 heterocycles. The second-order valence-electron chi connectivity index (χ2n) is 20.4. The molecule has 0 aromatic carbocycles. The summed E-state index contributed by atoms with van der Waals surface area (Å²) in [5.74, 6) is 0.118. The van der Waals surface area contributed by atoms with Gasteiger partial charge in [-0.3, -0.25) is 55.7 Å². The van der Waals surface area contributed by atoms with Crippen LogP contribution in [0.1, 0.15) is 116 Å². The third kappa shape index (κ3) is 18.6. The molecule has 0 radical (unpaired) electrons. The monoisotopic (exact) mass is 1210 g/mol. The first-order valence-corrected chi connectivity index (χ1v) is 27.2. The molecule has 0 aliphatic rings. The van der Waals surface area contributed by atoms with Gasteiger partial charge in [0.2, 0.25) is 0 Å². The van der Waals surface area contributed by atoms with Crippen LogP contribution in [0.15, 0.2) is 63.7 Å². The van der Waals surface area contributed by atoms with Gasteiger partial charge in [0.1, 0.15) is 5.78 Å². The van der Waals surface area contributed by atoms with Crippen molar-refractivity contribution >= 4 is 58.7 Å². The Hall–Kier alpha value is -6.83. The maximum absolute atomic E-state index is 12.4. The van der Waals surface area contributed by atoms with Crippen molar-refractivity contribution in [3.8, 4) is 0 Å². The molecular formula is C54H88BN16NaO13. The molecule has 1 unspecified atom stereocenters. The number of Topliss-reactive ketones (excluding diaryl/α,β-unsaturated/α-hetero) is 1. The van der Waals surface area contributed by atoms with Crippen LogP contribution in [0.2, 0.25) is 0 Å². The maximum Gasteiger partial charge on any atom is 1.00 e. The molecule has 29 nitrogen and oxygen atoms in total. The number of nitrogens with zero attached hydrogens (tertiary/aromatic N) is 16. The summed E-state index contributed by atoms with van der Waals surface area (Å²) in [6.07, 6.45) is 7.65. The van der Waals surface area contributed by atoms with Crippen molar-refractivity contribution in [3.63, 3.8) is 0 Å². The minimum absolute atomic E-state index is 0. The van der Waals surface area contributed by atoms with E-state index in [9.17, 15) is 58.5 Å². The number of hydrogen-bond donors (Lipinski definition) is 4. The Morgan fingerprint density at radius 2 is 0.671 bits per heavy atom.